The zero-order valence-corrected chi connectivity index (χ0v) is 16.0. The van der Waals surface area contributed by atoms with Gasteiger partial charge in [-0.1, -0.05) is 60.7 Å². The molecular formula is C25H18FNO3. The molecule has 0 atom stereocenters. The summed E-state index contributed by atoms with van der Waals surface area (Å²) in [7, 11) is 0. The van der Waals surface area contributed by atoms with Crippen molar-refractivity contribution in [2.75, 3.05) is 6.61 Å². The zero-order valence-electron chi connectivity index (χ0n) is 16.0. The van der Waals surface area contributed by atoms with Crippen LogP contribution in [0.3, 0.4) is 0 Å². The van der Waals surface area contributed by atoms with Gasteiger partial charge in [0.2, 0.25) is 5.78 Å². The second kappa shape index (κ2) is 8.57. The molecule has 0 saturated carbocycles. The van der Waals surface area contributed by atoms with Crippen LogP contribution in [-0.4, -0.2) is 23.3 Å². The Labute approximate surface area is 172 Å². The van der Waals surface area contributed by atoms with E-state index in [2.05, 4.69) is 4.98 Å². The average molecular weight is 399 g/mol. The summed E-state index contributed by atoms with van der Waals surface area (Å²) in [6.07, 6.45) is 2.62. The number of carbonyl (C=O) groups is 2. The first-order valence-corrected chi connectivity index (χ1v) is 9.41. The van der Waals surface area contributed by atoms with E-state index in [9.17, 15) is 14.0 Å². The van der Waals surface area contributed by atoms with Gasteiger partial charge in [-0.2, -0.15) is 0 Å². The number of esters is 1. The molecule has 1 N–H and O–H groups in total. The van der Waals surface area contributed by atoms with Crippen LogP contribution in [0.1, 0.15) is 15.9 Å². The lowest BCUT2D eigenvalue weighted by Gasteiger charge is -2.05. The summed E-state index contributed by atoms with van der Waals surface area (Å²) in [5, 5.41) is 0.771. The highest BCUT2D eigenvalue weighted by atomic mass is 19.1. The molecule has 30 heavy (non-hydrogen) atoms. The van der Waals surface area contributed by atoms with E-state index in [-0.39, 0.29) is 5.78 Å². The van der Waals surface area contributed by atoms with E-state index >= 15 is 0 Å². The highest BCUT2D eigenvalue weighted by molar-refractivity contribution is 6.14. The van der Waals surface area contributed by atoms with Crippen molar-refractivity contribution in [3.63, 3.8) is 0 Å². The third-order valence-electron chi connectivity index (χ3n) is 4.65. The maximum absolute atomic E-state index is 13.2. The Morgan fingerprint density at radius 2 is 1.70 bits per heavy atom. The highest BCUT2D eigenvalue weighted by Crippen LogP contribution is 2.30. The summed E-state index contributed by atoms with van der Waals surface area (Å²) in [5.74, 6) is -1.37. The van der Waals surface area contributed by atoms with Gasteiger partial charge in [0.05, 0.1) is 11.3 Å². The molecule has 4 nitrogen and oxygen atoms in total. The molecule has 148 valence electrons. The van der Waals surface area contributed by atoms with Gasteiger partial charge >= 0.3 is 5.97 Å². The van der Waals surface area contributed by atoms with Crippen LogP contribution in [0.5, 0.6) is 0 Å². The van der Waals surface area contributed by atoms with E-state index in [0.717, 1.165) is 16.5 Å². The van der Waals surface area contributed by atoms with E-state index in [0.29, 0.717) is 16.8 Å². The van der Waals surface area contributed by atoms with Gasteiger partial charge in [-0.15, -0.1) is 0 Å². The van der Waals surface area contributed by atoms with Crippen molar-refractivity contribution in [3.8, 4) is 11.3 Å². The standard InChI is InChI=1S/C25H18FNO3/c26-19-10-6-7-17(15-19)13-14-23(29)30-16-22(28)24-20-11-4-5-12-21(20)27-25(24)18-8-2-1-3-9-18/h1-15,27H,16H2/b14-13+. The molecule has 0 unspecified atom stereocenters. The molecule has 0 aliphatic carbocycles. The summed E-state index contributed by atoms with van der Waals surface area (Å²) < 4.78 is 18.3. The summed E-state index contributed by atoms with van der Waals surface area (Å²) in [6, 6.07) is 22.8. The molecule has 0 bridgehead atoms. The van der Waals surface area contributed by atoms with Crippen LogP contribution in [0.25, 0.3) is 28.2 Å². The normalized spacial score (nSPS) is 11.1. The van der Waals surface area contributed by atoms with Crippen molar-refractivity contribution >= 4 is 28.7 Å². The molecule has 4 aromatic rings. The van der Waals surface area contributed by atoms with E-state index in [1.54, 1.807) is 12.1 Å². The third-order valence-corrected chi connectivity index (χ3v) is 4.65. The van der Waals surface area contributed by atoms with Crippen LogP contribution >= 0.6 is 0 Å². The molecule has 1 aromatic heterocycles. The van der Waals surface area contributed by atoms with Crippen LogP contribution in [-0.2, 0) is 9.53 Å². The van der Waals surface area contributed by atoms with E-state index in [4.69, 9.17) is 4.74 Å². The fraction of sp³-hybridized carbons (Fsp3) is 0.0400. The van der Waals surface area contributed by atoms with Gasteiger partial charge in [0.25, 0.3) is 0 Å². The van der Waals surface area contributed by atoms with Gasteiger partial charge in [-0.25, -0.2) is 9.18 Å². The molecule has 0 aliphatic rings. The number of halogens is 1. The number of ether oxygens (including phenoxy) is 1. The van der Waals surface area contributed by atoms with Crippen molar-refractivity contribution in [2.45, 2.75) is 0 Å². The molecule has 0 amide bonds. The number of fused-ring (bicyclic) bond motifs is 1. The number of ketones is 1. The van der Waals surface area contributed by atoms with Gasteiger partial charge in [0.1, 0.15) is 5.82 Å². The summed E-state index contributed by atoms with van der Waals surface area (Å²) in [5.41, 5.74) is 3.40. The number of aromatic nitrogens is 1. The van der Waals surface area contributed by atoms with Crippen LogP contribution in [0.15, 0.2) is 84.9 Å². The summed E-state index contributed by atoms with van der Waals surface area (Å²) in [6.45, 7) is -0.395. The Balaban J connectivity index is 1.54. The molecule has 0 radical (unpaired) electrons. The number of hydrogen-bond donors (Lipinski definition) is 1. The average Bonchev–Trinajstić information content (AvgIpc) is 3.16. The molecule has 4 rings (SSSR count). The molecule has 0 spiro atoms. The minimum atomic E-state index is -0.672. The lowest BCUT2D eigenvalue weighted by molar-refractivity contribution is -0.136. The zero-order chi connectivity index (χ0) is 20.9. The minimum absolute atomic E-state index is 0.307. The molecule has 0 saturated heterocycles. The number of para-hydroxylation sites is 1. The number of benzene rings is 3. The second-order valence-corrected chi connectivity index (χ2v) is 6.71. The predicted octanol–water partition coefficient (Wildman–Crippen LogP) is 5.41. The van der Waals surface area contributed by atoms with Crippen molar-refractivity contribution in [1.29, 1.82) is 0 Å². The quantitative estimate of drug-likeness (QED) is 0.268. The van der Waals surface area contributed by atoms with Gasteiger partial charge in [0.15, 0.2) is 6.61 Å². The summed E-state index contributed by atoms with van der Waals surface area (Å²) in [4.78, 5) is 28.3. The molecule has 0 aliphatic heterocycles. The maximum atomic E-state index is 13.2. The Hall–Kier alpha value is -3.99. The van der Waals surface area contributed by atoms with Gasteiger partial charge in [-0.05, 0) is 35.4 Å². The van der Waals surface area contributed by atoms with Crippen LogP contribution < -0.4 is 0 Å². The van der Waals surface area contributed by atoms with Crippen LogP contribution in [0.4, 0.5) is 4.39 Å². The molecule has 3 aromatic carbocycles. The Kier molecular flexibility index (Phi) is 5.52. The van der Waals surface area contributed by atoms with Crippen molar-refractivity contribution in [1.82, 2.24) is 4.98 Å². The minimum Gasteiger partial charge on any atom is -0.454 e. The fourth-order valence-corrected chi connectivity index (χ4v) is 3.28. The second-order valence-electron chi connectivity index (χ2n) is 6.71. The lowest BCUT2D eigenvalue weighted by Crippen LogP contribution is -2.13. The van der Waals surface area contributed by atoms with E-state index < -0.39 is 18.4 Å². The maximum Gasteiger partial charge on any atom is 0.331 e. The molecule has 0 fully saturated rings. The van der Waals surface area contributed by atoms with E-state index in [1.807, 2.05) is 54.6 Å². The Morgan fingerprint density at radius 3 is 2.50 bits per heavy atom. The number of rotatable bonds is 6. The highest BCUT2D eigenvalue weighted by Gasteiger charge is 2.20. The number of Topliss-reactive ketones (excluding diaryl/α,β-unsaturated/α-hetero) is 1. The molecule has 5 heteroatoms. The van der Waals surface area contributed by atoms with Gasteiger partial charge in [0, 0.05) is 17.0 Å². The van der Waals surface area contributed by atoms with Crippen molar-refractivity contribution in [3.05, 3.63) is 102 Å². The smallest absolute Gasteiger partial charge is 0.331 e. The Bertz CT molecular complexity index is 1240. The number of aromatic amines is 1. The van der Waals surface area contributed by atoms with Crippen molar-refractivity contribution in [2.24, 2.45) is 0 Å². The first-order chi connectivity index (χ1) is 14.6. The number of H-pyrrole nitrogens is 1. The first kappa shape index (κ1) is 19.3. The first-order valence-electron chi connectivity index (χ1n) is 9.41. The van der Waals surface area contributed by atoms with Gasteiger partial charge < -0.3 is 9.72 Å². The van der Waals surface area contributed by atoms with Gasteiger partial charge in [-0.3, -0.25) is 4.79 Å². The molecule has 1 heterocycles. The lowest BCUT2D eigenvalue weighted by atomic mass is 10.0. The van der Waals surface area contributed by atoms with E-state index in [1.165, 1.54) is 24.3 Å². The van der Waals surface area contributed by atoms with Crippen LogP contribution in [0.2, 0.25) is 0 Å². The SMILES string of the molecule is O=C(/C=C/c1cccc(F)c1)OCC(=O)c1c(-c2ccccc2)[nH]c2ccccc12. The number of hydrogen-bond acceptors (Lipinski definition) is 3. The Morgan fingerprint density at radius 1 is 0.933 bits per heavy atom. The third kappa shape index (κ3) is 4.20. The summed E-state index contributed by atoms with van der Waals surface area (Å²) >= 11 is 0. The number of nitrogens with one attached hydrogen (secondary N) is 1. The van der Waals surface area contributed by atoms with Crippen LogP contribution in [0, 0.1) is 5.82 Å². The molecular weight excluding hydrogens is 381 g/mol. The predicted molar refractivity (Wildman–Crippen MR) is 114 cm³/mol. The largest absolute Gasteiger partial charge is 0.454 e. The monoisotopic (exact) mass is 399 g/mol. The topological polar surface area (TPSA) is 59.2 Å². The fourth-order valence-electron chi connectivity index (χ4n) is 3.28. The number of carbonyl (C=O) groups excluding carboxylic acids is 2. The van der Waals surface area contributed by atoms with Crippen molar-refractivity contribution < 1.29 is 18.7 Å².